The lowest BCUT2D eigenvalue weighted by molar-refractivity contribution is 0.0961. The monoisotopic (exact) mass is 544 g/mol. The number of Topliss-reactive ketones (excluding diaryl/α,β-unsaturated/α-hetero) is 1. The average molecular weight is 545 g/mol. The number of ketones is 1. The molecule has 198 valence electrons. The highest BCUT2D eigenvalue weighted by molar-refractivity contribution is 7.21. The summed E-state index contributed by atoms with van der Waals surface area (Å²) in [6, 6.07) is 13.5. The number of para-hydroxylation sites is 1. The fourth-order valence-corrected chi connectivity index (χ4v) is 5.59. The molecule has 0 N–H and O–H groups in total. The van der Waals surface area contributed by atoms with Crippen molar-refractivity contribution in [2.24, 2.45) is 0 Å². The normalized spacial score (nSPS) is 11.1. The molecule has 2 aromatic carbocycles. The van der Waals surface area contributed by atoms with Crippen molar-refractivity contribution in [3.05, 3.63) is 104 Å². The van der Waals surface area contributed by atoms with Crippen molar-refractivity contribution in [1.82, 2.24) is 24.2 Å². The van der Waals surface area contributed by atoms with Gasteiger partial charge in [-0.25, -0.2) is 9.80 Å². The highest BCUT2D eigenvalue weighted by Gasteiger charge is 2.27. The molecule has 5 rings (SSSR count). The summed E-state index contributed by atoms with van der Waals surface area (Å²) in [6.45, 7) is 3.23. The summed E-state index contributed by atoms with van der Waals surface area (Å²) in [5.74, 6) is -0.669. The zero-order valence-electron chi connectivity index (χ0n) is 21.6. The van der Waals surface area contributed by atoms with Crippen molar-refractivity contribution in [2.45, 2.75) is 20.4 Å². The zero-order chi connectivity index (χ0) is 27.8. The molecule has 0 aliphatic carbocycles. The third kappa shape index (κ3) is 4.44. The summed E-state index contributed by atoms with van der Waals surface area (Å²) in [7, 11) is 2.75. The van der Waals surface area contributed by atoms with E-state index in [0.29, 0.717) is 16.1 Å². The van der Waals surface area contributed by atoms with Crippen LogP contribution >= 0.6 is 11.3 Å². The number of hydrogen-bond acceptors (Lipinski definition) is 8. The van der Waals surface area contributed by atoms with Gasteiger partial charge in [0, 0.05) is 18.2 Å². The Morgan fingerprint density at radius 1 is 1.03 bits per heavy atom. The van der Waals surface area contributed by atoms with Gasteiger partial charge < -0.3 is 4.74 Å². The minimum absolute atomic E-state index is 0.166. The number of carbonyl (C=O) groups excluding carboxylic acids is 2. The molecule has 3 aromatic heterocycles. The van der Waals surface area contributed by atoms with Crippen molar-refractivity contribution in [3.8, 4) is 10.8 Å². The molecule has 0 spiro atoms. The van der Waals surface area contributed by atoms with Crippen molar-refractivity contribution in [2.75, 3.05) is 19.2 Å². The summed E-state index contributed by atoms with van der Waals surface area (Å²) in [5, 5.41) is 9.96. The van der Waals surface area contributed by atoms with Gasteiger partial charge in [0.25, 0.3) is 11.5 Å². The molecule has 0 unspecified atom stereocenters. The Morgan fingerprint density at radius 2 is 1.74 bits per heavy atom. The Morgan fingerprint density at radius 3 is 2.44 bits per heavy atom. The van der Waals surface area contributed by atoms with E-state index in [2.05, 4.69) is 10.2 Å². The fraction of sp³-hybridized carbons (Fsp3) is 0.185. The number of methoxy groups -OCH3 is 1. The summed E-state index contributed by atoms with van der Waals surface area (Å²) < 4.78 is 7.28. The minimum Gasteiger partial charge on any atom is -0.496 e. The van der Waals surface area contributed by atoms with Gasteiger partial charge >= 0.3 is 5.69 Å². The number of aryl methyl sites for hydroxylation is 2. The van der Waals surface area contributed by atoms with Crippen molar-refractivity contribution in [1.29, 1.82) is 0 Å². The molecule has 0 atom stereocenters. The number of thiophene rings is 1. The Bertz CT molecular complexity index is 1850. The molecule has 0 bridgehead atoms. The van der Waals surface area contributed by atoms with Gasteiger partial charge in [-0.15, -0.1) is 4.80 Å². The molecule has 12 heteroatoms. The maximum Gasteiger partial charge on any atom is 0.352 e. The maximum atomic E-state index is 13.9. The quantitative estimate of drug-likeness (QED) is 0.289. The Balaban J connectivity index is 1.74. The van der Waals surface area contributed by atoms with Crippen LogP contribution < -0.4 is 21.0 Å². The topological polar surface area (TPSA) is 121 Å². The summed E-state index contributed by atoms with van der Waals surface area (Å²) in [5.41, 5.74) is 0.463. The molecule has 0 aliphatic rings. The zero-order valence-corrected chi connectivity index (χ0v) is 22.4. The van der Waals surface area contributed by atoms with Gasteiger partial charge in [0.2, 0.25) is 0 Å². The molecular weight excluding hydrogens is 520 g/mol. The van der Waals surface area contributed by atoms with Gasteiger partial charge in [-0.3, -0.25) is 19.0 Å². The smallest absolute Gasteiger partial charge is 0.352 e. The first kappa shape index (κ1) is 25.8. The number of benzene rings is 2. The lowest BCUT2D eigenvalue weighted by Crippen LogP contribution is -2.53. The first-order valence-electron chi connectivity index (χ1n) is 11.9. The van der Waals surface area contributed by atoms with E-state index in [0.717, 1.165) is 26.6 Å². The van der Waals surface area contributed by atoms with Gasteiger partial charge in [0.1, 0.15) is 15.6 Å². The second kappa shape index (κ2) is 10.1. The van der Waals surface area contributed by atoms with Gasteiger partial charge in [0.05, 0.1) is 37.0 Å². The van der Waals surface area contributed by atoms with E-state index in [1.54, 1.807) is 49.4 Å². The lowest BCUT2D eigenvalue weighted by atomic mass is 10.1. The first-order chi connectivity index (χ1) is 18.7. The number of hydrogen-bond donors (Lipinski definition) is 0. The molecule has 0 saturated heterocycles. The number of aromatic nitrogens is 5. The van der Waals surface area contributed by atoms with Gasteiger partial charge in [0.15, 0.2) is 5.78 Å². The molecule has 3 heterocycles. The number of rotatable bonds is 7. The molecule has 0 fully saturated rings. The van der Waals surface area contributed by atoms with Crippen LogP contribution in [0.3, 0.4) is 0 Å². The lowest BCUT2D eigenvalue weighted by Gasteiger charge is -2.21. The van der Waals surface area contributed by atoms with E-state index in [9.17, 15) is 19.2 Å². The highest BCUT2D eigenvalue weighted by atomic mass is 32.1. The predicted molar refractivity (Wildman–Crippen MR) is 147 cm³/mol. The van der Waals surface area contributed by atoms with E-state index in [1.165, 1.54) is 35.9 Å². The number of amides is 1. The molecule has 11 nitrogen and oxygen atoms in total. The summed E-state index contributed by atoms with van der Waals surface area (Å²) in [6.07, 6.45) is 2.99. The number of fused-ring (bicyclic) bond motifs is 1. The first-order valence-corrected chi connectivity index (χ1v) is 12.7. The van der Waals surface area contributed by atoms with Crippen LogP contribution in [0.5, 0.6) is 5.75 Å². The highest BCUT2D eigenvalue weighted by Crippen LogP contribution is 2.30. The van der Waals surface area contributed by atoms with E-state index < -0.39 is 17.2 Å². The molecule has 5 aromatic rings. The van der Waals surface area contributed by atoms with E-state index in [4.69, 9.17) is 4.74 Å². The van der Waals surface area contributed by atoms with Crippen molar-refractivity contribution in [3.63, 3.8) is 0 Å². The third-order valence-corrected chi connectivity index (χ3v) is 7.62. The second-order valence-electron chi connectivity index (χ2n) is 8.84. The number of carbonyl (C=O) groups is 2. The average Bonchev–Trinajstić information content (AvgIpc) is 3.58. The fourth-order valence-electron chi connectivity index (χ4n) is 4.38. The standard InChI is InChI=1S/C27H24N6O5S/c1-16-8-7-9-18(14-16)20(34)15-31-26-22(17(2)25(39-26)33-28-12-13-29-33)24(36)32(27(31)37)30(3)23(35)19-10-5-6-11-21(19)38-4/h5-14H,15H2,1-4H3. The molecule has 0 aliphatic heterocycles. The van der Waals surface area contributed by atoms with Crippen LogP contribution in [0.1, 0.15) is 31.8 Å². The minimum atomic E-state index is -0.833. The molecule has 0 saturated carbocycles. The SMILES string of the molecule is COc1ccccc1C(=O)N(C)n1c(=O)c2c(C)c(-n3nccn3)sc2n(CC(=O)c2cccc(C)c2)c1=O. The van der Waals surface area contributed by atoms with Crippen LogP contribution in [-0.2, 0) is 6.54 Å². The van der Waals surface area contributed by atoms with Crippen molar-refractivity contribution >= 4 is 33.2 Å². The Labute approximate surface area is 226 Å². The molecule has 39 heavy (non-hydrogen) atoms. The van der Waals surface area contributed by atoms with E-state index >= 15 is 0 Å². The van der Waals surface area contributed by atoms with Crippen LogP contribution in [0.15, 0.2) is 70.5 Å². The van der Waals surface area contributed by atoms with Gasteiger partial charge in [-0.05, 0) is 32.0 Å². The van der Waals surface area contributed by atoms with E-state index in [-0.39, 0.29) is 33.9 Å². The molecule has 0 radical (unpaired) electrons. The summed E-state index contributed by atoms with van der Waals surface area (Å²) in [4.78, 5) is 56.2. The third-order valence-electron chi connectivity index (χ3n) is 6.34. The van der Waals surface area contributed by atoms with Gasteiger partial charge in [-0.2, -0.15) is 14.9 Å². The van der Waals surface area contributed by atoms with E-state index in [1.807, 2.05) is 13.0 Å². The Hall–Kier alpha value is -4.84. The largest absolute Gasteiger partial charge is 0.496 e. The predicted octanol–water partition coefficient (Wildman–Crippen LogP) is 2.72. The van der Waals surface area contributed by atoms with Crippen LogP contribution in [0.25, 0.3) is 15.2 Å². The molecular formula is C27H24N6O5S. The maximum absolute atomic E-state index is 13.9. The summed E-state index contributed by atoms with van der Waals surface area (Å²) >= 11 is 1.12. The number of ether oxygens (including phenoxy) is 1. The molecule has 1 amide bonds. The van der Waals surface area contributed by atoms with Crippen LogP contribution in [0.2, 0.25) is 0 Å². The van der Waals surface area contributed by atoms with Crippen molar-refractivity contribution < 1.29 is 14.3 Å². The van der Waals surface area contributed by atoms with Crippen LogP contribution in [0.4, 0.5) is 0 Å². The van der Waals surface area contributed by atoms with Gasteiger partial charge in [-0.1, -0.05) is 47.2 Å². The second-order valence-corrected chi connectivity index (χ2v) is 9.82. The van der Waals surface area contributed by atoms with Crippen LogP contribution in [-0.4, -0.2) is 50.1 Å². The van der Waals surface area contributed by atoms with Crippen LogP contribution in [0, 0.1) is 13.8 Å². The Kier molecular flexibility index (Phi) is 6.71. The number of nitrogens with zero attached hydrogens (tertiary/aromatic N) is 6.